The second-order valence-electron chi connectivity index (χ2n) is 6.25. The van der Waals surface area contributed by atoms with E-state index in [1.54, 1.807) is 0 Å². The van der Waals surface area contributed by atoms with Gasteiger partial charge in [0.15, 0.2) is 0 Å². The third-order valence-electron chi connectivity index (χ3n) is 4.26. The molecule has 2 N–H and O–H groups in total. The molecule has 0 aromatic heterocycles. The summed E-state index contributed by atoms with van der Waals surface area (Å²) in [6, 6.07) is 0.387. The van der Waals surface area contributed by atoms with E-state index >= 15 is 0 Å². The Bertz CT molecular complexity index is 324. The number of ether oxygens (including phenoxy) is 1. The fraction of sp³-hybridized carbons (Fsp3) is 0.933. The third-order valence-corrected chi connectivity index (χ3v) is 4.26. The van der Waals surface area contributed by atoms with Crippen LogP contribution < -0.4 is 5.73 Å². The van der Waals surface area contributed by atoms with Gasteiger partial charge < -0.3 is 15.4 Å². The van der Waals surface area contributed by atoms with E-state index in [1.807, 2.05) is 0 Å². The van der Waals surface area contributed by atoms with Crippen molar-refractivity contribution in [2.24, 2.45) is 5.73 Å². The quantitative estimate of drug-likeness (QED) is 0.814. The number of hydrogen-bond acceptors (Lipinski definition) is 4. The molecule has 2 saturated heterocycles. The van der Waals surface area contributed by atoms with Gasteiger partial charge in [0.05, 0.1) is 12.2 Å². The van der Waals surface area contributed by atoms with Crippen molar-refractivity contribution in [2.45, 2.75) is 57.8 Å². The maximum Gasteiger partial charge on any atom is 0.222 e. The summed E-state index contributed by atoms with van der Waals surface area (Å²) in [6.45, 7) is 8.72. The Kier molecular flexibility index (Phi) is 10.6. The predicted molar refractivity (Wildman–Crippen MR) is 94.0 cm³/mol. The van der Waals surface area contributed by atoms with Crippen molar-refractivity contribution in [3.63, 3.8) is 0 Å². The van der Waals surface area contributed by atoms with Gasteiger partial charge in [0, 0.05) is 38.6 Å². The van der Waals surface area contributed by atoms with Crippen LogP contribution in [-0.4, -0.2) is 66.7 Å². The maximum atomic E-state index is 12.2. The zero-order valence-electron chi connectivity index (χ0n) is 13.7. The Hall–Kier alpha value is -0.0700. The van der Waals surface area contributed by atoms with Crippen LogP contribution in [0.4, 0.5) is 0 Å². The van der Waals surface area contributed by atoms with Gasteiger partial charge in [-0.05, 0) is 39.7 Å². The zero-order valence-corrected chi connectivity index (χ0v) is 15.3. The van der Waals surface area contributed by atoms with Gasteiger partial charge in [0.1, 0.15) is 0 Å². The van der Waals surface area contributed by atoms with E-state index in [0.717, 1.165) is 45.4 Å². The largest absolute Gasteiger partial charge is 0.373 e. The smallest absolute Gasteiger partial charge is 0.222 e. The van der Waals surface area contributed by atoms with Crippen molar-refractivity contribution in [1.82, 2.24) is 9.80 Å². The number of morpholine rings is 1. The molecule has 0 saturated carbocycles. The first kappa shape index (κ1) is 21.9. The summed E-state index contributed by atoms with van der Waals surface area (Å²) >= 11 is 0. The van der Waals surface area contributed by atoms with E-state index in [4.69, 9.17) is 10.5 Å². The fourth-order valence-corrected chi connectivity index (χ4v) is 3.48. The lowest BCUT2D eigenvalue weighted by Crippen LogP contribution is -2.50. The molecular formula is C15H31Cl2N3O2. The molecule has 2 rings (SSSR count). The van der Waals surface area contributed by atoms with Gasteiger partial charge in [-0.15, -0.1) is 24.8 Å². The summed E-state index contributed by atoms with van der Waals surface area (Å²) in [4.78, 5) is 16.8. The fourth-order valence-electron chi connectivity index (χ4n) is 3.48. The van der Waals surface area contributed by atoms with Crippen LogP contribution in [0.25, 0.3) is 0 Å². The Morgan fingerprint density at radius 1 is 1.23 bits per heavy atom. The Morgan fingerprint density at radius 2 is 1.86 bits per heavy atom. The SMILES string of the molecule is CC1CN(CC2CCCN2C(=O)CCCN)CC(C)O1.Cl.Cl. The van der Waals surface area contributed by atoms with Gasteiger partial charge in [-0.2, -0.15) is 0 Å². The number of rotatable bonds is 5. The number of amides is 1. The van der Waals surface area contributed by atoms with Crippen LogP contribution in [0, 0.1) is 0 Å². The Balaban J connectivity index is 0.00000220. The lowest BCUT2D eigenvalue weighted by molar-refractivity contribution is -0.133. The van der Waals surface area contributed by atoms with Crippen molar-refractivity contribution in [3.05, 3.63) is 0 Å². The van der Waals surface area contributed by atoms with Gasteiger partial charge in [-0.3, -0.25) is 9.69 Å². The minimum absolute atomic E-state index is 0. The molecule has 2 heterocycles. The van der Waals surface area contributed by atoms with E-state index in [1.165, 1.54) is 0 Å². The normalized spacial score (nSPS) is 28.9. The van der Waals surface area contributed by atoms with E-state index in [0.29, 0.717) is 31.2 Å². The topological polar surface area (TPSA) is 58.8 Å². The standard InChI is InChI=1S/C15H29N3O2.2ClH/c1-12-9-17(10-13(2)20-12)11-14-5-4-8-18(14)15(19)6-3-7-16;;/h12-14H,3-11,16H2,1-2H3;2*1H. The minimum atomic E-state index is 0. The first-order valence-corrected chi connectivity index (χ1v) is 7.97. The molecule has 0 aromatic carbocycles. The molecule has 2 fully saturated rings. The highest BCUT2D eigenvalue weighted by molar-refractivity contribution is 5.85. The summed E-state index contributed by atoms with van der Waals surface area (Å²) < 4.78 is 5.77. The summed E-state index contributed by atoms with van der Waals surface area (Å²) in [5, 5.41) is 0. The molecule has 0 spiro atoms. The molecular weight excluding hydrogens is 325 g/mol. The third kappa shape index (κ3) is 6.20. The van der Waals surface area contributed by atoms with Crippen LogP contribution in [0.5, 0.6) is 0 Å². The molecule has 0 bridgehead atoms. The van der Waals surface area contributed by atoms with Crippen molar-refractivity contribution >= 4 is 30.7 Å². The number of nitrogens with zero attached hydrogens (tertiary/aromatic N) is 2. The summed E-state index contributed by atoms with van der Waals surface area (Å²) in [5.41, 5.74) is 5.50. The number of carbonyl (C=O) groups is 1. The number of likely N-dealkylation sites (tertiary alicyclic amines) is 1. The highest BCUT2D eigenvalue weighted by Gasteiger charge is 2.31. The second-order valence-corrected chi connectivity index (χ2v) is 6.25. The van der Waals surface area contributed by atoms with E-state index in [9.17, 15) is 4.79 Å². The number of hydrogen-bond donors (Lipinski definition) is 1. The second kappa shape index (κ2) is 10.7. The molecule has 7 heteroatoms. The van der Waals surface area contributed by atoms with Crippen molar-refractivity contribution in [3.8, 4) is 0 Å². The molecule has 22 heavy (non-hydrogen) atoms. The van der Waals surface area contributed by atoms with Crippen molar-refractivity contribution < 1.29 is 9.53 Å². The monoisotopic (exact) mass is 355 g/mol. The molecule has 5 nitrogen and oxygen atoms in total. The first-order chi connectivity index (χ1) is 9.60. The van der Waals surface area contributed by atoms with Crippen LogP contribution in [0.1, 0.15) is 39.5 Å². The zero-order chi connectivity index (χ0) is 14.5. The molecule has 2 aliphatic rings. The highest BCUT2D eigenvalue weighted by atomic mass is 35.5. The first-order valence-electron chi connectivity index (χ1n) is 7.97. The minimum Gasteiger partial charge on any atom is -0.373 e. The van der Waals surface area contributed by atoms with Crippen molar-refractivity contribution in [1.29, 1.82) is 0 Å². The molecule has 3 unspecified atom stereocenters. The van der Waals surface area contributed by atoms with Gasteiger partial charge in [-0.1, -0.05) is 0 Å². The van der Waals surface area contributed by atoms with Crippen LogP contribution >= 0.6 is 24.8 Å². The highest BCUT2D eigenvalue weighted by Crippen LogP contribution is 2.21. The number of halogens is 2. The molecule has 0 aromatic rings. The molecule has 1 amide bonds. The predicted octanol–water partition coefficient (Wildman–Crippen LogP) is 1.67. The van der Waals surface area contributed by atoms with Crippen LogP contribution in [0.2, 0.25) is 0 Å². The summed E-state index contributed by atoms with van der Waals surface area (Å²) in [7, 11) is 0. The number of carbonyl (C=O) groups excluding carboxylic acids is 1. The lowest BCUT2D eigenvalue weighted by atomic mass is 10.1. The molecule has 132 valence electrons. The summed E-state index contributed by atoms with van der Waals surface area (Å²) in [5.74, 6) is 0.285. The average Bonchev–Trinajstić information content (AvgIpc) is 2.82. The van der Waals surface area contributed by atoms with E-state index in [-0.39, 0.29) is 30.7 Å². The Labute approximate surface area is 146 Å². The molecule has 0 radical (unpaired) electrons. The van der Waals surface area contributed by atoms with Crippen molar-refractivity contribution in [2.75, 3.05) is 32.7 Å². The maximum absolute atomic E-state index is 12.2. The lowest BCUT2D eigenvalue weighted by Gasteiger charge is -2.38. The average molecular weight is 356 g/mol. The van der Waals surface area contributed by atoms with Gasteiger partial charge in [-0.25, -0.2) is 0 Å². The van der Waals surface area contributed by atoms with Crippen LogP contribution in [0.3, 0.4) is 0 Å². The Morgan fingerprint density at radius 3 is 2.45 bits per heavy atom. The molecule has 3 atom stereocenters. The molecule has 0 aliphatic carbocycles. The van der Waals surface area contributed by atoms with Crippen LogP contribution in [0.15, 0.2) is 0 Å². The van der Waals surface area contributed by atoms with Crippen LogP contribution in [-0.2, 0) is 9.53 Å². The summed E-state index contributed by atoms with van der Waals surface area (Å²) in [6.07, 6.45) is 4.25. The number of nitrogens with two attached hydrogens (primary N) is 1. The van der Waals surface area contributed by atoms with Gasteiger partial charge in [0.2, 0.25) is 5.91 Å². The molecule has 2 aliphatic heterocycles. The van der Waals surface area contributed by atoms with E-state index < -0.39 is 0 Å². The van der Waals surface area contributed by atoms with Gasteiger partial charge in [0.25, 0.3) is 0 Å². The van der Waals surface area contributed by atoms with E-state index in [2.05, 4.69) is 23.6 Å². The van der Waals surface area contributed by atoms with Gasteiger partial charge >= 0.3 is 0 Å².